The van der Waals surface area contributed by atoms with Gasteiger partial charge in [0, 0.05) is 48.1 Å². The van der Waals surface area contributed by atoms with Crippen LogP contribution in [-0.2, 0) is 30.8 Å². The molecule has 1 aliphatic carbocycles. The number of allylic oxidation sites excluding steroid dienone is 2. The Morgan fingerprint density at radius 3 is 2.14 bits per heavy atom. The molecule has 2 aromatic carbocycles. The lowest BCUT2D eigenvalue weighted by Crippen LogP contribution is -2.40. The predicted molar refractivity (Wildman–Crippen MR) is 276 cm³/mol. The van der Waals surface area contributed by atoms with Gasteiger partial charge >= 0.3 is 16.4 Å². The first-order valence-corrected chi connectivity index (χ1v) is 26.1. The summed E-state index contributed by atoms with van der Waals surface area (Å²) in [6, 6.07) is 7.30. The summed E-state index contributed by atoms with van der Waals surface area (Å²) in [6.45, 7) is 16.4. The number of Topliss-reactive ketones (excluding diaryl/α,β-unsaturated/α-hetero) is 1. The lowest BCUT2D eigenvalue weighted by Gasteiger charge is -2.11. The van der Waals surface area contributed by atoms with Crippen molar-refractivity contribution in [2.75, 3.05) is 33.1 Å². The first-order chi connectivity index (χ1) is 32.9. The first-order valence-electron chi connectivity index (χ1n) is 23.7. The molecule has 0 aliphatic heterocycles. The van der Waals surface area contributed by atoms with Crippen LogP contribution in [0.25, 0.3) is 21.6 Å². The van der Waals surface area contributed by atoms with Crippen molar-refractivity contribution in [3.05, 3.63) is 86.8 Å². The van der Waals surface area contributed by atoms with E-state index < -0.39 is 33.7 Å². The van der Waals surface area contributed by atoms with Crippen LogP contribution < -0.4 is 25.9 Å². The van der Waals surface area contributed by atoms with Gasteiger partial charge in [-0.15, -0.1) is 11.3 Å². The van der Waals surface area contributed by atoms with E-state index in [1.54, 1.807) is 30.6 Å². The number of nitrogens with one attached hydrogen (secondary N) is 3. The lowest BCUT2D eigenvalue weighted by molar-refractivity contribution is -0.137. The van der Waals surface area contributed by atoms with Crippen LogP contribution in [-0.4, -0.2) is 68.5 Å². The number of methoxy groups -OCH3 is 1. The molecule has 1 fully saturated rings. The van der Waals surface area contributed by atoms with E-state index in [0.717, 1.165) is 68.4 Å². The van der Waals surface area contributed by atoms with Crippen LogP contribution in [0.5, 0.6) is 5.75 Å². The molecule has 2 heterocycles. The highest BCUT2D eigenvalue weighted by atomic mass is 32.2. The number of unbranched alkanes of at least 4 members (excludes halogenated alkanes) is 5. The molecular formula is C51H76F4N6O7S2. The van der Waals surface area contributed by atoms with E-state index >= 15 is 0 Å². The van der Waals surface area contributed by atoms with Crippen molar-refractivity contribution >= 4 is 56.2 Å². The monoisotopic (exact) mass is 1020 g/mol. The summed E-state index contributed by atoms with van der Waals surface area (Å²) in [5.74, 6) is 0.493. The maximum absolute atomic E-state index is 12.9. The molecule has 70 heavy (non-hydrogen) atoms. The number of hydrogen-bond donors (Lipinski definition) is 4. The molecule has 0 saturated heterocycles. The van der Waals surface area contributed by atoms with Crippen LogP contribution in [0.1, 0.15) is 142 Å². The maximum atomic E-state index is 12.9. The van der Waals surface area contributed by atoms with Gasteiger partial charge in [-0.3, -0.25) is 19.2 Å². The number of thiazole rings is 1. The Labute approximate surface area is 416 Å². The third-order valence-electron chi connectivity index (χ3n) is 10.9. The fourth-order valence-electron chi connectivity index (χ4n) is 6.59. The van der Waals surface area contributed by atoms with Gasteiger partial charge in [0.2, 0.25) is 12.3 Å². The van der Waals surface area contributed by atoms with E-state index in [9.17, 15) is 40.4 Å². The van der Waals surface area contributed by atoms with Crippen molar-refractivity contribution < 1.29 is 45.1 Å². The van der Waals surface area contributed by atoms with Crippen LogP contribution in [0, 0.1) is 30.5 Å². The molecule has 0 spiro atoms. The Bertz CT molecular complexity index is 2410. The minimum absolute atomic E-state index is 0.00389. The average Bonchev–Trinajstić information content (AvgIpc) is 3.90. The molecule has 392 valence electrons. The number of ketones is 1. The zero-order chi connectivity index (χ0) is 53.2. The number of H-pyrrole nitrogens is 1. The summed E-state index contributed by atoms with van der Waals surface area (Å²) < 4.78 is 81.1. The van der Waals surface area contributed by atoms with E-state index in [0.29, 0.717) is 17.4 Å². The smallest absolute Gasteiger partial charge is 0.416 e. The number of ether oxygens (including phenoxy) is 1. The van der Waals surface area contributed by atoms with Crippen molar-refractivity contribution in [1.82, 2.24) is 19.0 Å². The predicted octanol–water partition coefficient (Wildman–Crippen LogP) is 11.7. The fourth-order valence-corrected chi connectivity index (χ4v) is 8.13. The van der Waals surface area contributed by atoms with Gasteiger partial charge < -0.3 is 20.8 Å². The van der Waals surface area contributed by atoms with Gasteiger partial charge in [0.25, 0.3) is 0 Å². The van der Waals surface area contributed by atoms with Crippen molar-refractivity contribution in [2.24, 2.45) is 23.5 Å². The van der Waals surface area contributed by atoms with Crippen LogP contribution in [0.3, 0.4) is 0 Å². The average molecular weight is 1030 g/mol. The topological polar surface area (TPSA) is 194 Å². The summed E-state index contributed by atoms with van der Waals surface area (Å²) in [6.07, 6.45) is 13.6. The summed E-state index contributed by atoms with van der Waals surface area (Å²) in [5.41, 5.74) is 6.55. The van der Waals surface area contributed by atoms with Crippen LogP contribution >= 0.6 is 11.3 Å². The third kappa shape index (κ3) is 23.2. The summed E-state index contributed by atoms with van der Waals surface area (Å²) >= 11 is 1.55. The Hall–Kier alpha value is -5.14. The number of amides is 2. The number of primary amides is 1. The molecule has 2 atom stereocenters. The zero-order valence-electron chi connectivity index (χ0n) is 42.7. The van der Waals surface area contributed by atoms with Gasteiger partial charge in [-0.2, -0.15) is 25.9 Å². The highest BCUT2D eigenvalue weighted by Crippen LogP contribution is 2.40. The molecule has 4 aromatic rings. The zero-order valence-corrected chi connectivity index (χ0v) is 44.4. The lowest BCUT2D eigenvalue weighted by atomic mass is 9.98. The number of fused-ring (bicyclic) bond motifs is 1. The van der Waals surface area contributed by atoms with Crippen molar-refractivity contribution in [3.63, 3.8) is 0 Å². The summed E-state index contributed by atoms with van der Waals surface area (Å²) in [5, 5.41) is 5.96. The number of aromatic amines is 1. The molecule has 0 radical (unpaired) electrons. The number of carbonyl (C=O) groups excluding carboxylic acids is 3. The van der Waals surface area contributed by atoms with Crippen LogP contribution in [0.15, 0.2) is 58.7 Å². The molecular weight excluding hydrogens is 949 g/mol. The normalized spacial score (nSPS) is 14.1. The van der Waals surface area contributed by atoms with Gasteiger partial charge in [0.05, 0.1) is 36.1 Å². The molecule has 19 heteroatoms. The standard InChI is InChI=1S/C17H18N2O2S.C13H24N2O3S.C10H9F4NO.C10H22.CH3NO/c1-9(2)13-8-22-17(19-13)12-7-14(20)11-5-6-15(21-4)10(3)16(11)18-12;1-4-5-6-7-8-9-11-10-12(11)13(16)14-19(17,18)15(2)3;1-6(16)5-15-9-3-7(10(12,13)14)2-8(11)4-9;1-4-6-8-10(3)9-7-5-2;2-1-3/h5-9H,1-4H3,(H,18,20);8-9,11-12H,4-7,10H2,1-3H3,(H,14,16);2-4,15H,5H2,1H3;10H,4-9H2,1-3H3;1H,(H2,2,3)/b;9-8-;;;. The molecule has 1 saturated carbocycles. The minimum atomic E-state index is -4.60. The van der Waals surface area contributed by atoms with E-state index in [2.05, 4.69) is 73.4 Å². The Morgan fingerprint density at radius 2 is 1.63 bits per heavy atom. The highest BCUT2D eigenvalue weighted by molar-refractivity contribution is 7.87. The molecule has 13 nitrogen and oxygen atoms in total. The molecule has 2 aromatic heterocycles. The van der Waals surface area contributed by atoms with E-state index in [1.807, 2.05) is 24.4 Å². The molecule has 2 unspecified atom stereocenters. The van der Waals surface area contributed by atoms with Gasteiger partial charge in [-0.05, 0) is 81.2 Å². The van der Waals surface area contributed by atoms with Gasteiger partial charge in [0.15, 0.2) is 5.43 Å². The number of halogens is 4. The second kappa shape index (κ2) is 32.0. The van der Waals surface area contributed by atoms with Gasteiger partial charge in [-0.1, -0.05) is 105 Å². The molecule has 2 amide bonds. The second-order valence-corrected chi connectivity index (χ2v) is 20.3. The Kier molecular flexibility index (Phi) is 28.7. The number of rotatable bonds is 20. The number of aryl methyl sites for hydroxylation is 1. The van der Waals surface area contributed by atoms with Crippen LogP contribution in [0.4, 0.5) is 23.2 Å². The van der Waals surface area contributed by atoms with E-state index in [-0.39, 0.29) is 41.7 Å². The summed E-state index contributed by atoms with van der Waals surface area (Å²) in [4.78, 5) is 51.3. The van der Waals surface area contributed by atoms with Crippen molar-refractivity contribution in [1.29, 1.82) is 0 Å². The third-order valence-corrected chi connectivity index (χ3v) is 13.2. The molecule has 5 rings (SSSR count). The number of carbonyl (C=O) groups is 3. The van der Waals surface area contributed by atoms with E-state index in [1.165, 1.54) is 78.8 Å². The number of hydrogen-bond acceptors (Lipinski definition) is 10. The Morgan fingerprint density at radius 1 is 1.01 bits per heavy atom. The number of benzene rings is 2. The molecule has 1 aliphatic rings. The quantitative estimate of drug-likeness (QED) is 0.0288. The number of alkyl halides is 3. The largest absolute Gasteiger partial charge is 0.496 e. The van der Waals surface area contributed by atoms with Crippen LogP contribution in [0.2, 0.25) is 0 Å². The van der Waals surface area contributed by atoms with Crippen molar-refractivity contribution in [2.45, 2.75) is 138 Å². The van der Waals surface area contributed by atoms with Gasteiger partial charge in [-0.25, -0.2) is 14.1 Å². The number of nitrogens with two attached hydrogens (primary N) is 1. The maximum Gasteiger partial charge on any atom is 0.416 e. The first kappa shape index (κ1) is 62.9. The van der Waals surface area contributed by atoms with Gasteiger partial charge in [0.1, 0.15) is 22.4 Å². The summed E-state index contributed by atoms with van der Waals surface area (Å²) in [7, 11) is 0.775. The van der Waals surface area contributed by atoms with Crippen molar-refractivity contribution in [3.8, 4) is 16.5 Å². The SMILES string of the molecule is CC(=O)CNc1cc(F)cc(C(F)(F)F)c1.CCCCC(C)CCCC.CCCCC/C=C\C1CC1C(=O)NS(=O)(=O)N(C)C.COc1ccc2c(=O)cc(-c3nc(C(C)C)cs3)[nH]c2c1C.NC=O. The number of aromatic nitrogens is 2. The molecule has 5 N–H and O–H groups in total. The van der Waals surface area contributed by atoms with E-state index in [4.69, 9.17) is 9.53 Å². The number of nitrogens with zero attached hydrogens (tertiary/aromatic N) is 2. The number of pyridine rings is 1. The number of anilines is 1. The highest BCUT2D eigenvalue weighted by Gasteiger charge is 2.42. The minimum Gasteiger partial charge on any atom is -0.496 e. The molecule has 0 bridgehead atoms. The Balaban J connectivity index is 0.000000472. The second-order valence-electron chi connectivity index (χ2n) is 17.6. The fraction of sp³-hybridized carbons (Fsp3) is 0.549.